The first-order chi connectivity index (χ1) is 16.7. The number of aliphatic hydroxyl groups is 2. The van der Waals surface area contributed by atoms with Gasteiger partial charge in [-0.1, -0.05) is 6.07 Å². The standard InChI is InChI=1S/C24H26N2O9/c1-26(13-34-24(32)21(28)20(27)22(29)30)11-10-15-12-25-17-4-3-5-18(19(15)17)35-23(31)14-6-8-16(33-2)9-7-14/h3-9,12,20-21,25,27-28H,10-11,13H2,1-2H3,(H,29,30). The fourth-order valence-corrected chi connectivity index (χ4v) is 3.29. The lowest BCUT2D eigenvalue weighted by Gasteiger charge is -2.19. The number of aliphatic hydroxyl groups excluding tert-OH is 2. The molecule has 3 aromatic rings. The van der Waals surface area contributed by atoms with Crippen molar-refractivity contribution in [3.8, 4) is 11.5 Å². The molecule has 0 spiro atoms. The normalized spacial score (nSPS) is 12.8. The summed E-state index contributed by atoms with van der Waals surface area (Å²) in [6.07, 6.45) is -2.16. The molecule has 11 heteroatoms. The molecule has 186 valence electrons. The van der Waals surface area contributed by atoms with Crippen LogP contribution < -0.4 is 9.47 Å². The molecular formula is C24H26N2O9. The van der Waals surface area contributed by atoms with E-state index in [1.54, 1.807) is 54.5 Å². The van der Waals surface area contributed by atoms with Crippen LogP contribution in [0.2, 0.25) is 0 Å². The van der Waals surface area contributed by atoms with Gasteiger partial charge in [-0.05, 0) is 55.4 Å². The van der Waals surface area contributed by atoms with Crippen LogP contribution in [0.25, 0.3) is 10.9 Å². The summed E-state index contributed by atoms with van der Waals surface area (Å²) in [5, 5.41) is 28.1. The first-order valence-electron chi connectivity index (χ1n) is 10.6. The summed E-state index contributed by atoms with van der Waals surface area (Å²) < 4.78 is 15.6. The Hall–Kier alpha value is -3.93. The molecule has 0 aliphatic carbocycles. The van der Waals surface area contributed by atoms with E-state index in [1.807, 2.05) is 6.07 Å². The summed E-state index contributed by atoms with van der Waals surface area (Å²) in [4.78, 5) is 39.8. The number of carbonyl (C=O) groups excluding carboxylic acids is 2. The fraction of sp³-hybridized carbons (Fsp3) is 0.292. The predicted octanol–water partition coefficient (Wildman–Crippen LogP) is 1.18. The van der Waals surface area contributed by atoms with Crippen LogP contribution in [0.4, 0.5) is 0 Å². The molecular weight excluding hydrogens is 460 g/mol. The second-order valence-electron chi connectivity index (χ2n) is 7.76. The van der Waals surface area contributed by atoms with Crippen molar-refractivity contribution in [2.45, 2.75) is 18.6 Å². The van der Waals surface area contributed by atoms with Crippen LogP contribution >= 0.6 is 0 Å². The second kappa shape index (κ2) is 11.5. The predicted molar refractivity (Wildman–Crippen MR) is 123 cm³/mol. The highest BCUT2D eigenvalue weighted by Gasteiger charge is 2.31. The average molecular weight is 486 g/mol. The minimum atomic E-state index is -2.27. The number of aromatic amines is 1. The molecule has 1 heterocycles. The van der Waals surface area contributed by atoms with Gasteiger partial charge in [0.1, 0.15) is 18.2 Å². The largest absolute Gasteiger partial charge is 0.497 e. The highest BCUT2D eigenvalue weighted by molar-refractivity contribution is 5.96. The van der Waals surface area contributed by atoms with Crippen molar-refractivity contribution in [3.05, 3.63) is 59.8 Å². The number of rotatable bonds is 11. The summed E-state index contributed by atoms with van der Waals surface area (Å²) in [6.45, 7) is 0.183. The number of esters is 2. The number of carboxylic acid groups (broad SMARTS) is 1. The summed E-state index contributed by atoms with van der Waals surface area (Å²) in [5.41, 5.74) is 2.01. The van der Waals surface area contributed by atoms with Crippen LogP contribution in [0, 0.1) is 0 Å². The van der Waals surface area contributed by atoms with Crippen molar-refractivity contribution in [2.75, 3.05) is 27.4 Å². The zero-order chi connectivity index (χ0) is 25.5. The smallest absolute Gasteiger partial charge is 0.343 e. The lowest BCUT2D eigenvalue weighted by molar-refractivity contribution is -0.172. The number of hydrogen-bond donors (Lipinski definition) is 4. The molecule has 0 bridgehead atoms. The Morgan fingerprint density at radius 3 is 2.43 bits per heavy atom. The van der Waals surface area contributed by atoms with E-state index in [9.17, 15) is 24.6 Å². The van der Waals surface area contributed by atoms with Crippen molar-refractivity contribution in [2.24, 2.45) is 0 Å². The van der Waals surface area contributed by atoms with Crippen LogP contribution in [0.15, 0.2) is 48.7 Å². The Morgan fingerprint density at radius 2 is 1.77 bits per heavy atom. The molecule has 2 aromatic carbocycles. The molecule has 2 unspecified atom stereocenters. The van der Waals surface area contributed by atoms with Crippen LogP contribution in [0.5, 0.6) is 11.5 Å². The molecule has 35 heavy (non-hydrogen) atoms. The molecule has 1 aromatic heterocycles. The number of benzene rings is 2. The summed E-state index contributed by atoms with van der Waals surface area (Å²) in [5.74, 6) is -2.48. The van der Waals surface area contributed by atoms with Crippen LogP contribution in [-0.2, 0) is 20.7 Å². The zero-order valence-corrected chi connectivity index (χ0v) is 19.1. The Kier molecular flexibility index (Phi) is 8.42. The summed E-state index contributed by atoms with van der Waals surface area (Å²) in [7, 11) is 3.20. The molecule has 0 aliphatic heterocycles. The quantitative estimate of drug-likeness (QED) is 0.176. The third-order valence-electron chi connectivity index (χ3n) is 5.26. The van der Waals surface area contributed by atoms with E-state index in [0.717, 1.165) is 16.5 Å². The maximum atomic E-state index is 12.6. The summed E-state index contributed by atoms with van der Waals surface area (Å²) >= 11 is 0. The Balaban J connectivity index is 1.63. The van der Waals surface area contributed by atoms with E-state index in [1.165, 1.54) is 7.11 Å². The number of carboxylic acids is 1. The Labute approximate surface area is 200 Å². The fourth-order valence-electron chi connectivity index (χ4n) is 3.29. The van der Waals surface area contributed by atoms with Gasteiger partial charge in [-0.25, -0.2) is 14.4 Å². The molecule has 0 aliphatic rings. The molecule has 0 amide bonds. The van der Waals surface area contributed by atoms with Gasteiger partial charge in [-0.3, -0.25) is 4.90 Å². The van der Waals surface area contributed by atoms with Gasteiger partial charge in [0.25, 0.3) is 0 Å². The minimum Gasteiger partial charge on any atom is -0.497 e. The number of nitrogens with one attached hydrogen (secondary N) is 1. The SMILES string of the molecule is COc1ccc(C(=O)Oc2cccc3[nH]cc(CCN(C)COC(=O)C(O)C(O)C(=O)O)c23)cc1. The number of carbonyl (C=O) groups is 3. The van der Waals surface area contributed by atoms with Gasteiger partial charge in [0.15, 0.2) is 12.2 Å². The number of methoxy groups -OCH3 is 1. The van der Waals surface area contributed by atoms with Crippen molar-refractivity contribution in [3.63, 3.8) is 0 Å². The number of H-pyrrole nitrogens is 1. The molecule has 2 atom stereocenters. The third-order valence-corrected chi connectivity index (χ3v) is 5.26. The first-order valence-corrected chi connectivity index (χ1v) is 10.6. The monoisotopic (exact) mass is 486 g/mol. The average Bonchev–Trinajstić information content (AvgIpc) is 3.29. The second-order valence-corrected chi connectivity index (χ2v) is 7.76. The lowest BCUT2D eigenvalue weighted by atomic mass is 10.1. The number of nitrogens with zero attached hydrogens (tertiary/aromatic N) is 1. The Morgan fingerprint density at radius 1 is 1.06 bits per heavy atom. The highest BCUT2D eigenvalue weighted by atomic mass is 16.6. The van der Waals surface area contributed by atoms with E-state index >= 15 is 0 Å². The highest BCUT2D eigenvalue weighted by Crippen LogP contribution is 2.30. The minimum absolute atomic E-state index is 0.232. The molecule has 0 saturated heterocycles. The number of aromatic nitrogens is 1. The first kappa shape index (κ1) is 25.7. The number of aliphatic carboxylic acids is 1. The molecule has 11 nitrogen and oxygen atoms in total. The van der Waals surface area contributed by atoms with Gasteiger partial charge < -0.3 is 34.5 Å². The van der Waals surface area contributed by atoms with E-state index in [0.29, 0.717) is 30.0 Å². The molecule has 3 rings (SSSR count). The van der Waals surface area contributed by atoms with Crippen molar-refractivity contribution in [1.29, 1.82) is 0 Å². The van der Waals surface area contributed by atoms with E-state index < -0.39 is 30.1 Å². The van der Waals surface area contributed by atoms with Gasteiger partial charge in [0.2, 0.25) is 0 Å². The number of hydrogen-bond acceptors (Lipinski definition) is 9. The van der Waals surface area contributed by atoms with Gasteiger partial charge in [-0.2, -0.15) is 0 Å². The number of likely N-dealkylation sites (N-methyl/N-ethyl adjacent to an activating group) is 1. The van der Waals surface area contributed by atoms with Crippen LogP contribution in [-0.4, -0.2) is 82.8 Å². The lowest BCUT2D eigenvalue weighted by Crippen LogP contribution is -2.41. The zero-order valence-electron chi connectivity index (χ0n) is 19.1. The van der Waals surface area contributed by atoms with Gasteiger partial charge in [-0.15, -0.1) is 0 Å². The van der Waals surface area contributed by atoms with E-state index in [-0.39, 0.29) is 6.73 Å². The number of ether oxygens (including phenoxy) is 3. The third kappa shape index (κ3) is 6.35. The number of fused-ring (bicyclic) bond motifs is 1. The van der Waals surface area contributed by atoms with E-state index in [2.05, 4.69) is 4.98 Å². The van der Waals surface area contributed by atoms with Crippen LogP contribution in [0.3, 0.4) is 0 Å². The van der Waals surface area contributed by atoms with Gasteiger partial charge in [0, 0.05) is 23.6 Å². The maximum Gasteiger partial charge on any atom is 0.343 e. The maximum absolute atomic E-state index is 12.6. The van der Waals surface area contributed by atoms with Gasteiger partial charge >= 0.3 is 17.9 Å². The molecule has 0 saturated carbocycles. The van der Waals surface area contributed by atoms with Crippen molar-refractivity contribution >= 4 is 28.8 Å². The van der Waals surface area contributed by atoms with Crippen LogP contribution in [0.1, 0.15) is 15.9 Å². The van der Waals surface area contributed by atoms with Crippen molar-refractivity contribution < 1.29 is 43.9 Å². The van der Waals surface area contributed by atoms with Crippen molar-refractivity contribution in [1.82, 2.24) is 9.88 Å². The molecule has 4 N–H and O–H groups in total. The summed E-state index contributed by atoms with van der Waals surface area (Å²) in [6, 6.07) is 11.9. The van der Waals surface area contributed by atoms with Gasteiger partial charge in [0.05, 0.1) is 12.7 Å². The molecule has 0 fully saturated rings. The molecule has 0 radical (unpaired) electrons. The Bertz CT molecular complexity index is 1190. The topological polar surface area (TPSA) is 159 Å². The van der Waals surface area contributed by atoms with E-state index in [4.69, 9.17) is 19.3 Å².